The molecule has 1 amide bonds. The number of hydrogen-bond acceptors (Lipinski definition) is 5. The fourth-order valence-corrected chi connectivity index (χ4v) is 2.54. The summed E-state index contributed by atoms with van der Waals surface area (Å²) >= 11 is 0. The largest absolute Gasteiger partial charge is 0.444 e. The van der Waals surface area contributed by atoms with Gasteiger partial charge in [-0.25, -0.2) is 4.79 Å². The molecular weight excluding hydrogens is 449 g/mol. The first-order valence-corrected chi connectivity index (χ1v) is 8.71. The van der Waals surface area contributed by atoms with E-state index in [4.69, 9.17) is 4.74 Å². The third-order valence-electron chi connectivity index (χ3n) is 3.66. The van der Waals surface area contributed by atoms with E-state index in [1.807, 2.05) is 20.8 Å². The standard InChI is InChI=1S/C16H29N7O2.HI/c1-16(2,3)25-15(24)19-9-8-18-14(17-4)20-11-13-22-21-12-7-5-6-10-23(12)13;/h5-11H2,1-4H3,(H,19,24)(H2,17,18,20);1H. The van der Waals surface area contributed by atoms with E-state index < -0.39 is 11.7 Å². The van der Waals surface area contributed by atoms with Crippen molar-refractivity contribution in [3.8, 4) is 0 Å². The monoisotopic (exact) mass is 479 g/mol. The van der Waals surface area contributed by atoms with Crippen LogP contribution in [0, 0.1) is 0 Å². The minimum Gasteiger partial charge on any atom is -0.444 e. The van der Waals surface area contributed by atoms with Gasteiger partial charge >= 0.3 is 6.09 Å². The highest BCUT2D eigenvalue weighted by Gasteiger charge is 2.16. The van der Waals surface area contributed by atoms with Crippen molar-refractivity contribution in [3.05, 3.63) is 11.6 Å². The number of fused-ring (bicyclic) bond motifs is 1. The third kappa shape index (κ3) is 7.34. The van der Waals surface area contributed by atoms with Crippen LogP contribution in [0.3, 0.4) is 0 Å². The van der Waals surface area contributed by atoms with Gasteiger partial charge in [0.1, 0.15) is 11.4 Å². The van der Waals surface area contributed by atoms with E-state index in [0.29, 0.717) is 25.6 Å². The number of alkyl carbamates (subject to hydrolysis) is 1. The summed E-state index contributed by atoms with van der Waals surface area (Å²) in [6, 6.07) is 0. The Hall–Kier alpha value is -1.59. The molecule has 1 aliphatic heterocycles. The van der Waals surface area contributed by atoms with E-state index in [9.17, 15) is 4.79 Å². The highest BCUT2D eigenvalue weighted by atomic mass is 127. The van der Waals surface area contributed by atoms with Crippen LogP contribution < -0.4 is 16.0 Å². The normalized spacial score (nSPS) is 14.1. The van der Waals surface area contributed by atoms with Gasteiger partial charge in [0.25, 0.3) is 0 Å². The van der Waals surface area contributed by atoms with Gasteiger partial charge in [0, 0.05) is 33.1 Å². The summed E-state index contributed by atoms with van der Waals surface area (Å²) in [5.41, 5.74) is -0.494. The zero-order valence-corrected chi connectivity index (χ0v) is 18.3. The zero-order chi connectivity index (χ0) is 18.3. The molecule has 0 aliphatic carbocycles. The van der Waals surface area contributed by atoms with Gasteiger partial charge in [0.2, 0.25) is 0 Å². The molecule has 0 atom stereocenters. The summed E-state index contributed by atoms with van der Waals surface area (Å²) in [5.74, 6) is 2.64. The number of aromatic nitrogens is 3. The molecule has 1 aliphatic rings. The Morgan fingerprint density at radius 2 is 1.92 bits per heavy atom. The van der Waals surface area contributed by atoms with E-state index in [2.05, 4.69) is 35.7 Å². The molecule has 1 aromatic heterocycles. The second-order valence-corrected chi connectivity index (χ2v) is 6.92. The van der Waals surface area contributed by atoms with Crippen LogP contribution in [0.25, 0.3) is 0 Å². The third-order valence-corrected chi connectivity index (χ3v) is 3.66. The van der Waals surface area contributed by atoms with Crippen molar-refractivity contribution in [2.45, 2.75) is 58.7 Å². The number of carbonyl (C=O) groups is 1. The quantitative estimate of drug-likeness (QED) is 0.256. The molecule has 3 N–H and O–H groups in total. The number of nitrogens with one attached hydrogen (secondary N) is 3. The van der Waals surface area contributed by atoms with Crippen molar-refractivity contribution in [2.75, 3.05) is 20.1 Å². The lowest BCUT2D eigenvalue weighted by Gasteiger charge is -2.20. The van der Waals surface area contributed by atoms with E-state index in [1.165, 1.54) is 12.8 Å². The summed E-state index contributed by atoms with van der Waals surface area (Å²) in [6.07, 6.45) is 2.92. The molecule has 0 unspecified atom stereocenters. The first kappa shape index (κ1) is 22.5. The minimum absolute atomic E-state index is 0. The van der Waals surface area contributed by atoms with Crippen molar-refractivity contribution in [2.24, 2.45) is 4.99 Å². The van der Waals surface area contributed by atoms with Gasteiger partial charge in [0.15, 0.2) is 11.8 Å². The van der Waals surface area contributed by atoms with Crippen LogP contribution in [-0.2, 0) is 24.2 Å². The van der Waals surface area contributed by atoms with Gasteiger partial charge in [-0.2, -0.15) is 0 Å². The fraction of sp³-hybridized carbons (Fsp3) is 0.750. The Kier molecular flexibility index (Phi) is 9.09. The summed E-state index contributed by atoms with van der Waals surface area (Å²) in [7, 11) is 1.70. The Bertz CT molecular complexity index is 610. The highest BCUT2D eigenvalue weighted by Crippen LogP contribution is 2.13. The van der Waals surface area contributed by atoms with E-state index in [0.717, 1.165) is 24.6 Å². The smallest absolute Gasteiger partial charge is 0.407 e. The Morgan fingerprint density at radius 1 is 1.19 bits per heavy atom. The topological polar surface area (TPSA) is 105 Å². The van der Waals surface area contributed by atoms with Crippen molar-refractivity contribution in [1.82, 2.24) is 30.7 Å². The van der Waals surface area contributed by atoms with Crippen LogP contribution in [-0.4, -0.2) is 52.6 Å². The van der Waals surface area contributed by atoms with Crippen molar-refractivity contribution >= 4 is 36.0 Å². The number of aliphatic imine (C=N–C) groups is 1. The lowest BCUT2D eigenvalue weighted by Crippen LogP contribution is -2.42. The molecule has 0 bridgehead atoms. The molecule has 0 radical (unpaired) electrons. The van der Waals surface area contributed by atoms with Crippen molar-refractivity contribution < 1.29 is 9.53 Å². The molecule has 0 fully saturated rings. The molecule has 0 aromatic carbocycles. The van der Waals surface area contributed by atoms with Crippen molar-refractivity contribution in [1.29, 1.82) is 0 Å². The van der Waals surface area contributed by atoms with Crippen LogP contribution >= 0.6 is 24.0 Å². The number of carbonyl (C=O) groups excluding carboxylic acids is 1. The fourth-order valence-electron chi connectivity index (χ4n) is 2.54. The van der Waals surface area contributed by atoms with E-state index in [-0.39, 0.29) is 24.0 Å². The predicted molar refractivity (Wildman–Crippen MR) is 111 cm³/mol. The van der Waals surface area contributed by atoms with Crippen molar-refractivity contribution in [3.63, 3.8) is 0 Å². The Labute approximate surface area is 171 Å². The zero-order valence-electron chi connectivity index (χ0n) is 16.0. The second kappa shape index (κ2) is 10.5. The van der Waals surface area contributed by atoms with E-state index in [1.54, 1.807) is 7.05 Å². The van der Waals surface area contributed by atoms with Gasteiger partial charge in [-0.05, 0) is 33.6 Å². The molecule has 9 nitrogen and oxygen atoms in total. The van der Waals surface area contributed by atoms with Gasteiger partial charge in [-0.1, -0.05) is 0 Å². The number of hydrogen-bond donors (Lipinski definition) is 3. The molecule has 2 rings (SSSR count). The number of ether oxygens (including phenoxy) is 1. The lowest BCUT2D eigenvalue weighted by atomic mass is 10.2. The van der Waals surface area contributed by atoms with E-state index >= 15 is 0 Å². The first-order chi connectivity index (χ1) is 11.9. The molecule has 10 heteroatoms. The number of nitrogens with zero attached hydrogens (tertiary/aromatic N) is 4. The summed E-state index contributed by atoms with van der Waals surface area (Å²) < 4.78 is 7.35. The van der Waals surface area contributed by atoms with Crippen LogP contribution in [0.1, 0.15) is 45.3 Å². The first-order valence-electron chi connectivity index (χ1n) is 8.71. The van der Waals surface area contributed by atoms with Crippen LogP contribution in [0.2, 0.25) is 0 Å². The predicted octanol–water partition coefficient (Wildman–Crippen LogP) is 1.42. The maximum atomic E-state index is 11.6. The summed E-state index contributed by atoms with van der Waals surface area (Å²) in [4.78, 5) is 15.7. The maximum absolute atomic E-state index is 11.6. The lowest BCUT2D eigenvalue weighted by molar-refractivity contribution is 0.0529. The molecular formula is C16H30IN7O2. The number of aryl methyl sites for hydroxylation is 1. The Morgan fingerprint density at radius 3 is 2.62 bits per heavy atom. The van der Waals surface area contributed by atoms with Gasteiger partial charge in [-0.15, -0.1) is 34.2 Å². The average molecular weight is 479 g/mol. The maximum Gasteiger partial charge on any atom is 0.407 e. The molecule has 0 saturated heterocycles. The van der Waals surface area contributed by atoms with Crippen LogP contribution in [0.4, 0.5) is 4.79 Å². The van der Waals surface area contributed by atoms with Gasteiger partial charge in [0.05, 0.1) is 6.54 Å². The average Bonchev–Trinajstić information content (AvgIpc) is 2.96. The molecule has 0 spiro atoms. The van der Waals surface area contributed by atoms with Gasteiger partial charge in [-0.3, -0.25) is 4.99 Å². The number of guanidine groups is 1. The second-order valence-electron chi connectivity index (χ2n) is 6.92. The Balaban J connectivity index is 0.00000338. The molecule has 0 saturated carbocycles. The van der Waals surface area contributed by atoms with Crippen LogP contribution in [0.15, 0.2) is 4.99 Å². The molecule has 2 heterocycles. The molecule has 148 valence electrons. The molecule has 1 aromatic rings. The number of amides is 1. The minimum atomic E-state index is -0.494. The van der Waals surface area contributed by atoms with Crippen LogP contribution in [0.5, 0.6) is 0 Å². The van der Waals surface area contributed by atoms with Gasteiger partial charge < -0.3 is 25.3 Å². The SMILES string of the molecule is CN=C(NCCNC(=O)OC(C)(C)C)NCc1nnc2n1CCCC2.I. The molecule has 26 heavy (non-hydrogen) atoms. The highest BCUT2D eigenvalue weighted by molar-refractivity contribution is 14.0. The summed E-state index contributed by atoms with van der Waals surface area (Å²) in [5, 5.41) is 17.5. The summed E-state index contributed by atoms with van der Waals surface area (Å²) in [6.45, 7) is 8.02. The number of rotatable bonds is 5. The number of halogens is 1.